The van der Waals surface area contributed by atoms with Crippen LogP contribution in [0.3, 0.4) is 0 Å². The number of hydrogen-bond acceptors (Lipinski definition) is 4. The summed E-state index contributed by atoms with van der Waals surface area (Å²) >= 11 is 5.91. The Morgan fingerprint density at radius 3 is 2.90 bits per heavy atom. The Kier molecular flexibility index (Phi) is 4.42. The van der Waals surface area contributed by atoms with E-state index >= 15 is 0 Å². The molecule has 5 nitrogen and oxygen atoms in total. The van der Waals surface area contributed by atoms with Gasteiger partial charge >= 0.3 is 0 Å². The summed E-state index contributed by atoms with van der Waals surface area (Å²) in [7, 11) is -3.52. The minimum atomic E-state index is -3.52. The lowest BCUT2D eigenvalue weighted by Gasteiger charge is -2.08. The van der Waals surface area contributed by atoms with Crippen molar-refractivity contribution in [2.45, 2.75) is 18.0 Å². The lowest BCUT2D eigenvalue weighted by atomic mass is 10.3. The molecule has 20 heavy (non-hydrogen) atoms. The van der Waals surface area contributed by atoms with Gasteiger partial charge in [-0.3, -0.25) is 4.57 Å². The van der Waals surface area contributed by atoms with Gasteiger partial charge in [-0.15, -0.1) is 0 Å². The van der Waals surface area contributed by atoms with Crippen LogP contribution in [-0.4, -0.2) is 23.7 Å². The minimum Gasteiger partial charge on any atom is -0.291 e. The van der Waals surface area contributed by atoms with E-state index in [1.54, 1.807) is 30.5 Å². The van der Waals surface area contributed by atoms with Crippen molar-refractivity contribution in [3.8, 4) is 11.8 Å². The number of nitriles is 1. The molecule has 7 heteroatoms. The molecule has 0 aliphatic carbocycles. The topological polar surface area (TPSA) is 75.8 Å². The highest BCUT2D eigenvalue weighted by Gasteiger charge is 2.21. The molecule has 0 unspecified atom stereocenters. The molecule has 1 aromatic carbocycles. The van der Waals surface area contributed by atoms with Gasteiger partial charge in [0.2, 0.25) is 15.0 Å². The molecule has 0 radical (unpaired) electrons. The van der Waals surface area contributed by atoms with Gasteiger partial charge < -0.3 is 0 Å². The smallest absolute Gasteiger partial charge is 0.232 e. The Morgan fingerprint density at radius 2 is 2.20 bits per heavy atom. The van der Waals surface area contributed by atoms with Crippen LogP contribution in [0.1, 0.15) is 12.8 Å². The highest BCUT2D eigenvalue weighted by atomic mass is 35.5. The maximum absolute atomic E-state index is 12.2. The number of benzene rings is 1. The van der Waals surface area contributed by atoms with Crippen LogP contribution in [0.25, 0.3) is 5.69 Å². The predicted molar refractivity (Wildman–Crippen MR) is 75.5 cm³/mol. The van der Waals surface area contributed by atoms with Crippen molar-refractivity contribution in [2.24, 2.45) is 0 Å². The molecule has 0 fully saturated rings. The third-order valence-electron chi connectivity index (χ3n) is 2.67. The number of hydrogen-bond donors (Lipinski definition) is 0. The first kappa shape index (κ1) is 14.6. The van der Waals surface area contributed by atoms with Gasteiger partial charge in [0.1, 0.15) is 0 Å². The van der Waals surface area contributed by atoms with Crippen molar-refractivity contribution in [3.63, 3.8) is 0 Å². The van der Waals surface area contributed by atoms with E-state index in [9.17, 15) is 8.42 Å². The van der Waals surface area contributed by atoms with E-state index < -0.39 is 9.84 Å². The van der Waals surface area contributed by atoms with Crippen LogP contribution >= 0.6 is 11.6 Å². The highest BCUT2D eigenvalue weighted by molar-refractivity contribution is 7.91. The Morgan fingerprint density at radius 1 is 1.40 bits per heavy atom. The molecule has 0 aliphatic heterocycles. The van der Waals surface area contributed by atoms with Crippen molar-refractivity contribution in [3.05, 3.63) is 41.7 Å². The molecule has 0 atom stereocenters. The first-order chi connectivity index (χ1) is 9.54. The molecule has 0 aliphatic rings. The van der Waals surface area contributed by atoms with E-state index in [0.717, 1.165) is 0 Å². The van der Waals surface area contributed by atoms with Crippen molar-refractivity contribution in [2.75, 3.05) is 5.75 Å². The number of unbranched alkanes of at least 4 members (excludes halogenated alkanes) is 1. The molecule has 0 saturated heterocycles. The van der Waals surface area contributed by atoms with E-state index in [-0.39, 0.29) is 17.3 Å². The summed E-state index contributed by atoms with van der Waals surface area (Å²) in [5.74, 6) is -0.0991. The van der Waals surface area contributed by atoms with E-state index in [0.29, 0.717) is 17.1 Å². The van der Waals surface area contributed by atoms with Crippen LogP contribution in [0.5, 0.6) is 0 Å². The van der Waals surface area contributed by atoms with Gasteiger partial charge in [0.05, 0.1) is 11.8 Å². The van der Waals surface area contributed by atoms with Gasteiger partial charge in [-0.25, -0.2) is 13.4 Å². The van der Waals surface area contributed by atoms with Crippen LogP contribution in [0, 0.1) is 11.3 Å². The molecule has 2 aromatic rings. The summed E-state index contributed by atoms with van der Waals surface area (Å²) in [6, 6.07) is 8.80. The van der Waals surface area contributed by atoms with Crippen LogP contribution in [0.2, 0.25) is 5.02 Å². The fourth-order valence-corrected chi connectivity index (χ4v) is 3.35. The monoisotopic (exact) mass is 309 g/mol. The van der Waals surface area contributed by atoms with Crippen molar-refractivity contribution < 1.29 is 8.42 Å². The summed E-state index contributed by atoms with van der Waals surface area (Å²) in [4.78, 5) is 3.92. The van der Waals surface area contributed by atoms with Gasteiger partial charge in [-0.2, -0.15) is 5.26 Å². The van der Waals surface area contributed by atoms with Crippen LogP contribution in [-0.2, 0) is 9.84 Å². The molecule has 104 valence electrons. The Hall–Kier alpha value is -1.84. The van der Waals surface area contributed by atoms with Crippen LogP contribution in [0.4, 0.5) is 0 Å². The largest absolute Gasteiger partial charge is 0.291 e. The summed E-state index contributed by atoms with van der Waals surface area (Å²) in [6.07, 6.45) is 3.50. The van der Waals surface area contributed by atoms with E-state index in [1.807, 2.05) is 6.07 Å². The summed E-state index contributed by atoms with van der Waals surface area (Å²) in [5.41, 5.74) is 0.633. The lowest BCUT2D eigenvalue weighted by Crippen LogP contribution is -2.13. The molecule has 1 aromatic heterocycles. The van der Waals surface area contributed by atoms with Crippen LogP contribution in [0.15, 0.2) is 41.8 Å². The molecule has 0 N–H and O–H groups in total. The maximum atomic E-state index is 12.2. The lowest BCUT2D eigenvalue weighted by molar-refractivity contribution is 0.582. The molecule has 0 saturated carbocycles. The number of aromatic nitrogens is 2. The number of rotatable bonds is 5. The van der Waals surface area contributed by atoms with Gasteiger partial charge in [0, 0.05) is 29.5 Å². The van der Waals surface area contributed by atoms with E-state index in [2.05, 4.69) is 4.98 Å². The molecular formula is C13H12ClN3O2S. The van der Waals surface area contributed by atoms with Gasteiger partial charge in [0.25, 0.3) is 0 Å². The van der Waals surface area contributed by atoms with E-state index in [4.69, 9.17) is 16.9 Å². The molecule has 0 bridgehead atoms. The van der Waals surface area contributed by atoms with Crippen molar-refractivity contribution in [1.29, 1.82) is 5.26 Å². The summed E-state index contributed by atoms with van der Waals surface area (Å²) in [5, 5.41) is 8.96. The molecular weight excluding hydrogens is 298 g/mol. The Bertz CT molecular complexity index is 747. The summed E-state index contributed by atoms with van der Waals surface area (Å²) < 4.78 is 25.9. The zero-order chi connectivity index (χ0) is 14.6. The number of nitrogens with zero attached hydrogens (tertiary/aromatic N) is 3. The zero-order valence-electron chi connectivity index (χ0n) is 10.5. The first-order valence-electron chi connectivity index (χ1n) is 5.93. The second-order valence-electron chi connectivity index (χ2n) is 4.14. The summed E-state index contributed by atoms with van der Waals surface area (Å²) in [6.45, 7) is 0. The quantitative estimate of drug-likeness (QED) is 0.796. The molecule has 0 spiro atoms. The fraction of sp³-hybridized carbons (Fsp3) is 0.231. The SMILES string of the molecule is N#CCCCS(=O)(=O)c1nccn1-c1cccc(Cl)c1. The predicted octanol–water partition coefficient (Wildman–Crippen LogP) is 2.60. The molecule has 0 amide bonds. The minimum absolute atomic E-state index is 0.0299. The standard InChI is InChI=1S/C13H12ClN3O2S/c14-11-4-3-5-12(10-11)17-8-7-16-13(17)20(18,19)9-2-1-6-15/h3-5,7-8,10H,1-2,9H2. The van der Waals surface area contributed by atoms with Gasteiger partial charge in [-0.05, 0) is 24.6 Å². The van der Waals surface area contributed by atoms with Crippen molar-refractivity contribution in [1.82, 2.24) is 9.55 Å². The average molecular weight is 310 g/mol. The van der Waals surface area contributed by atoms with Gasteiger partial charge in [0.15, 0.2) is 0 Å². The maximum Gasteiger partial charge on any atom is 0.232 e. The Balaban J connectivity index is 2.36. The molecule has 2 rings (SSSR count). The fourth-order valence-electron chi connectivity index (χ4n) is 1.77. The average Bonchev–Trinajstić information content (AvgIpc) is 2.89. The number of imidazole rings is 1. The Labute approximate surface area is 122 Å². The molecule has 1 heterocycles. The second kappa shape index (κ2) is 6.07. The second-order valence-corrected chi connectivity index (χ2v) is 6.58. The third-order valence-corrected chi connectivity index (χ3v) is 4.59. The van der Waals surface area contributed by atoms with Crippen molar-refractivity contribution >= 4 is 21.4 Å². The number of halogens is 1. The first-order valence-corrected chi connectivity index (χ1v) is 7.96. The third kappa shape index (κ3) is 3.18. The number of sulfone groups is 1. The zero-order valence-corrected chi connectivity index (χ0v) is 12.1. The van der Waals surface area contributed by atoms with Gasteiger partial charge in [-0.1, -0.05) is 17.7 Å². The normalized spacial score (nSPS) is 11.2. The highest BCUT2D eigenvalue weighted by Crippen LogP contribution is 2.19. The van der Waals surface area contributed by atoms with E-state index in [1.165, 1.54) is 10.8 Å². The van der Waals surface area contributed by atoms with Crippen LogP contribution < -0.4 is 0 Å².